The largest absolute Gasteiger partial charge is 0.508 e. The summed E-state index contributed by atoms with van der Waals surface area (Å²) in [5.41, 5.74) is -0.0792. The number of ketones is 1. The van der Waals surface area contributed by atoms with Crippen molar-refractivity contribution in [1.29, 1.82) is 0 Å². The van der Waals surface area contributed by atoms with Crippen molar-refractivity contribution in [1.82, 2.24) is 4.98 Å². The van der Waals surface area contributed by atoms with Gasteiger partial charge < -0.3 is 10.2 Å². The molecule has 0 bridgehead atoms. The predicted octanol–water partition coefficient (Wildman–Crippen LogP) is 4.53. The first-order chi connectivity index (χ1) is 14.7. The highest BCUT2D eigenvalue weighted by molar-refractivity contribution is 7.14. The molecule has 1 aliphatic heterocycles. The van der Waals surface area contributed by atoms with Gasteiger partial charge in [-0.1, -0.05) is 12.1 Å². The van der Waals surface area contributed by atoms with Crippen molar-refractivity contribution in [3.05, 3.63) is 86.6 Å². The van der Waals surface area contributed by atoms with Gasteiger partial charge in [0.05, 0.1) is 32.9 Å². The van der Waals surface area contributed by atoms with Crippen LogP contribution in [0, 0.1) is 25.5 Å². The lowest BCUT2D eigenvalue weighted by atomic mass is 9.94. The van der Waals surface area contributed by atoms with E-state index in [1.165, 1.54) is 24.3 Å². The quantitative estimate of drug-likeness (QED) is 0.580. The van der Waals surface area contributed by atoms with Crippen LogP contribution in [0.4, 0.5) is 14.5 Å². The van der Waals surface area contributed by atoms with Gasteiger partial charge in [0.1, 0.15) is 17.4 Å². The van der Waals surface area contributed by atoms with Gasteiger partial charge in [-0.25, -0.2) is 13.8 Å². The van der Waals surface area contributed by atoms with Crippen molar-refractivity contribution in [2.24, 2.45) is 0 Å². The third kappa shape index (κ3) is 3.46. The molecule has 0 saturated carbocycles. The number of Topliss-reactive ketones (excluding diaryl/α,β-unsaturated/α-hetero) is 1. The predicted molar refractivity (Wildman–Crippen MR) is 110 cm³/mol. The van der Waals surface area contributed by atoms with Gasteiger partial charge in [0.2, 0.25) is 5.78 Å². The zero-order chi connectivity index (χ0) is 22.4. The number of aromatic hydroxyl groups is 1. The number of anilines is 1. The molecular formula is C22H16F2N2O4S. The van der Waals surface area contributed by atoms with Gasteiger partial charge in [-0.05, 0) is 43.7 Å². The van der Waals surface area contributed by atoms with E-state index in [-0.39, 0.29) is 21.8 Å². The van der Waals surface area contributed by atoms with Crippen LogP contribution in [0.25, 0.3) is 0 Å². The summed E-state index contributed by atoms with van der Waals surface area (Å²) in [4.78, 5) is 31.6. The first kappa shape index (κ1) is 20.7. The third-order valence-corrected chi connectivity index (χ3v) is 5.99. The van der Waals surface area contributed by atoms with Crippen molar-refractivity contribution in [3.63, 3.8) is 0 Å². The molecular weight excluding hydrogens is 426 g/mol. The Hall–Kier alpha value is -3.59. The number of benzene rings is 2. The lowest BCUT2D eigenvalue weighted by Crippen LogP contribution is -2.32. The van der Waals surface area contributed by atoms with Crippen LogP contribution in [0.2, 0.25) is 0 Å². The number of halogens is 2. The van der Waals surface area contributed by atoms with Crippen LogP contribution >= 0.6 is 11.3 Å². The van der Waals surface area contributed by atoms with E-state index in [0.29, 0.717) is 10.7 Å². The second-order valence-electron chi connectivity index (χ2n) is 7.01. The molecule has 4 rings (SSSR count). The molecule has 1 aliphatic rings. The van der Waals surface area contributed by atoms with Crippen LogP contribution in [0.5, 0.6) is 5.75 Å². The van der Waals surface area contributed by atoms with Crippen LogP contribution in [-0.2, 0) is 4.79 Å². The zero-order valence-electron chi connectivity index (χ0n) is 16.4. The van der Waals surface area contributed by atoms with Crippen molar-refractivity contribution in [2.75, 3.05) is 4.90 Å². The number of phenols is 1. The minimum Gasteiger partial charge on any atom is -0.508 e. The van der Waals surface area contributed by atoms with Gasteiger partial charge in [0.15, 0.2) is 5.76 Å². The summed E-state index contributed by atoms with van der Waals surface area (Å²) in [5, 5.41) is 21.2. The molecule has 0 aliphatic carbocycles. The minimum atomic E-state index is -1.29. The average molecular weight is 442 g/mol. The van der Waals surface area contributed by atoms with Crippen LogP contribution in [0.3, 0.4) is 0 Å². The second-order valence-corrected chi connectivity index (χ2v) is 8.21. The molecule has 2 aromatic carbocycles. The molecule has 1 atom stereocenters. The van der Waals surface area contributed by atoms with Crippen molar-refractivity contribution in [2.45, 2.75) is 19.9 Å². The third-order valence-electron chi connectivity index (χ3n) is 4.92. The highest BCUT2D eigenvalue weighted by atomic mass is 32.1. The lowest BCUT2D eigenvalue weighted by Gasteiger charge is -2.27. The molecule has 0 fully saturated rings. The summed E-state index contributed by atoms with van der Waals surface area (Å²) in [6.45, 7) is 3.34. The van der Waals surface area contributed by atoms with E-state index in [1.54, 1.807) is 13.8 Å². The van der Waals surface area contributed by atoms with Gasteiger partial charge in [-0.2, -0.15) is 0 Å². The summed E-state index contributed by atoms with van der Waals surface area (Å²) in [7, 11) is 0. The summed E-state index contributed by atoms with van der Waals surface area (Å²) in [6, 6.07) is 6.94. The first-order valence-electron chi connectivity index (χ1n) is 9.18. The van der Waals surface area contributed by atoms with E-state index in [4.69, 9.17) is 0 Å². The number of thiazole rings is 1. The molecule has 2 N–H and O–H groups in total. The van der Waals surface area contributed by atoms with E-state index in [9.17, 15) is 28.6 Å². The Morgan fingerprint density at radius 1 is 1.13 bits per heavy atom. The number of rotatable bonds is 4. The van der Waals surface area contributed by atoms with E-state index in [2.05, 4.69) is 4.98 Å². The highest BCUT2D eigenvalue weighted by Gasteiger charge is 2.46. The van der Waals surface area contributed by atoms with Crippen molar-refractivity contribution >= 4 is 28.7 Å². The molecule has 1 aromatic heterocycles. The summed E-state index contributed by atoms with van der Waals surface area (Å²) < 4.78 is 28.5. The number of hydrogen-bond donors (Lipinski definition) is 2. The second kappa shape index (κ2) is 7.59. The van der Waals surface area contributed by atoms with Gasteiger partial charge >= 0.3 is 0 Å². The molecule has 0 saturated heterocycles. The number of aromatic nitrogens is 1. The van der Waals surface area contributed by atoms with Crippen molar-refractivity contribution < 1.29 is 28.6 Å². The smallest absolute Gasteiger partial charge is 0.294 e. The monoisotopic (exact) mass is 442 g/mol. The number of nitrogens with zero attached hydrogens (tertiary/aromatic N) is 2. The fourth-order valence-electron chi connectivity index (χ4n) is 3.63. The van der Waals surface area contributed by atoms with E-state index >= 15 is 0 Å². The van der Waals surface area contributed by atoms with Gasteiger partial charge in [0.25, 0.3) is 5.91 Å². The van der Waals surface area contributed by atoms with Gasteiger partial charge in [-0.15, -0.1) is 11.3 Å². The summed E-state index contributed by atoms with van der Waals surface area (Å²) in [6.07, 6.45) is 0. The fraction of sp³-hybridized carbons (Fsp3) is 0.136. The van der Waals surface area contributed by atoms with Crippen LogP contribution < -0.4 is 4.90 Å². The SMILES string of the molecule is Cc1nc(C)c(C(=O)C2=C(O)C(=O)N(c3cc(F)ccc3F)C2c2cccc(O)c2)s1. The standard InChI is InChI=1S/C22H16F2N2O4S/c1-10-21(31-11(2)25-10)19(28)17-18(12-4-3-5-14(27)8-12)26(22(30)20(17)29)16-9-13(23)6-7-15(16)24/h3-9,18,27,29H,1-2H3. The Balaban J connectivity index is 1.94. The minimum absolute atomic E-state index is 0.160. The average Bonchev–Trinajstić information content (AvgIpc) is 3.19. The van der Waals surface area contributed by atoms with E-state index < -0.39 is 40.8 Å². The van der Waals surface area contributed by atoms with E-state index in [0.717, 1.165) is 34.4 Å². The Bertz CT molecular complexity index is 1270. The molecule has 1 amide bonds. The maximum Gasteiger partial charge on any atom is 0.294 e. The summed E-state index contributed by atoms with van der Waals surface area (Å²) in [5.74, 6) is -4.44. The Morgan fingerprint density at radius 3 is 2.52 bits per heavy atom. The molecule has 6 nitrogen and oxygen atoms in total. The van der Waals surface area contributed by atoms with Crippen LogP contribution in [0.1, 0.15) is 32.0 Å². The maximum absolute atomic E-state index is 14.6. The fourth-order valence-corrected chi connectivity index (χ4v) is 4.50. The molecule has 31 heavy (non-hydrogen) atoms. The molecule has 0 radical (unpaired) electrons. The first-order valence-corrected chi connectivity index (χ1v) is 10.00. The molecule has 3 aromatic rings. The van der Waals surface area contributed by atoms with Gasteiger partial charge in [-0.3, -0.25) is 14.5 Å². The van der Waals surface area contributed by atoms with Crippen LogP contribution in [-0.4, -0.2) is 26.9 Å². The highest BCUT2D eigenvalue weighted by Crippen LogP contribution is 2.44. The lowest BCUT2D eigenvalue weighted by molar-refractivity contribution is -0.117. The Morgan fingerprint density at radius 2 is 1.87 bits per heavy atom. The molecule has 9 heteroatoms. The van der Waals surface area contributed by atoms with Crippen LogP contribution in [0.15, 0.2) is 53.8 Å². The number of carbonyl (C=O) groups is 2. The normalized spacial score (nSPS) is 16.3. The number of carbonyl (C=O) groups excluding carboxylic acids is 2. The Kier molecular flexibility index (Phi) is 5.06. The zero-order valence-corrected chi connectivity index (χ0v) is 17.2. The number of amides is 1. The Labute approximate surface area is 179 Å². The molecule has 158 valence electrons. The molecule has 2 heterocycles. The topological polar surface area (TPSA) is 90.7 Å². The number of hydrogen-bond acceptors (Lipinski definition) is 6. The number of aliphatic hydroxyl groups is 1. The molecule has 1 unspecified atom stereocenters. The number of aryl methyl sites for hydroxylation is 2. The maximum atomic E-state index is 14.6. The molecule has 0 spiro atoms. The number of phenolic OH excluding ortho intramolecular Hbond substituents is 1. The van der Waals surface area contributed by atoms with E-state index in [1.807, 2.05) is 0 Å². The van der Waals surface area contributed by atoms with Gasteiger partial charge in [0, 0.05) is 6.07 Å². The number of aliphatic hydroxyl groups excluding tert-OH is 1. The summed E-state index contributed by atoms with van der Waals surface area (Å²) >= 11 is 1.10. The van der Waals surface area contributed by atoms with Crippen molar-refractivity contribution in [3.8, 4) is 5.75 Å².